The molecule has 0 unspecified atom stereocenters. The summed E-state index contributed by atoms with van der Waals surface area (Å²) in [6.45, 7) is 5.29. The first-order chi connectivity index (χ1) is 7.27. The van der Waals surface area contributed by atoms with Crippen LogP contribution >= 0.6 is 0 Å². The molecule has 82 valence electrons. The normalized spacial score (nSPS) is 16.7. The predicted octanol–water partition coefficient (Wildman–Crippen LogP) is 2.27. The Hall–Kier alpha value is -1.09. The summed E-state index contributed by atoms with van der Waals surface area (Å²) in [6, 6.07) is 1.12. The fourth-order valence-corrected chi connectivity index (χ4v) is 1.97. The second kappa shape index (κ2) is 4.62. The molecule has 1 aliphatic rings. The molecule has 0 saturated carbocycles. The van der Waals surface area contributed by atoms with E-state index in [1.807, 2.05) is 12.5 Å². The minimum atomic E-state index is 0.492. The van der Waals surface area contributed by atoms with Crippen molar-refractivity contribution in [2.24, 2.45) is 0 Å². The van der Waals surface area contributed by atoms with E-state index in [1.165, 1.54) is 5.69 Å². The Morgan fingerprint density at radius 1 is 1.47 bits per heavy atom. The number of hydrogen-bond acceptors (Lipinski definition) is 2. The predicted molar refractivity (Wildman–Crippen MR) is 61.6 cm³/mol. The van der Waals surface area contributed by atoms with Gasteiger partial charge in [0, 0.05) is 24.8 Å². The molecule has 1 N–H and O–H groups in total. The van der Waals surface area contributed by atoms with E-state index in [2.05, 4.69) is 40.9 Å². The molecule has 0 aromatic carbocycles. The molecule has 0 bridgehead atoms. The highest BCUT2D eigenvalue weighted by Crippen LogP contribution is 2.12. The zero-order valence-corrected chi connectivity index (χ0v) is 9.48. The molecule has 0 atom stereocenters. The van der Waals surface area contributed by atoms with E-state index >= 15 is 0 Å². The first-order valence-electron chi connectivity index (χ1n) is 5.66. The van der Waals surface area contributed by atoms with E-state index in [-0.39, 0.29) is 0 Å². The van der Waals surface area contributed by atoms with Gasteiger partial charge in [-0.2, -0.15) is 0 Å². The molecule has 0 amide bonds. The number of rotatable bonds is 4. The molecule has 3 nitrogen and oxygen atoms in total. The van der Waals surface area contributed by atoms with Crippen molar-refractivity contribution in [2.45, 2.75) is 45.3 Å². The molecule has 1 aromatic rings. The van der Waals surface area contributed by atoms with Gasteiger partial charge in [0.15, 0.2) is 0 Å². The molecule has 0 spiro atoms. The van der Waals surface area contributed by atoms with E-state index in [0.717, 1.165) is 19.4 Å². The molecular formula is C12H19N3. The summed E-state index contributed by atoms with van der Waals surface area (Å²) in [6.07, 6.45) is 10.7. The Bertz CT molecular complexity index is 330. The van der Waals surface area contributed by atoms with Crippen LogP contribution in [0.15, 0.2) is 24.7 Å². The number of imidazole rings is 1. The lowest BCUT2D eigenvalue weighted by Gasteiger charge is -2.15. The summed E-state index contributed by atoms with van der Waals surface area (Å²) >= 11 is 0. The maximum absolute atomic E-state index is 4.20. The van der Waals surface area contributed by atoms with Gasteiger partial charge in [-0.25, -0.2) is 4.98 Å². The Labute approximate surface area is 91.2 Å². The van der Waals surface area contributed by atoms with E-state index in [1.54, 1.807) is 0 Å². The molecule has 0 saturated heterocycles. The van der Waals surface area contributed by atoms with Crippen LogP contribution in [0.4, 0.5) is 0 Å². The standard InChI is InChI=1S/C12H19N3/c1-10(2)15-9-13-7-12(15)8-14-11-5-3-4-6-11/h3-4,7,9-11,14H,5-6,8H2,1-2H3. The smallest absolute Gasteiger partial charge is 0.0951 e. The van der Waals surface area contributed by atoms with Crippen LogP contribution < -0.4 is 5.32 Å². The highest BCUT2D eigenvalue weighted by molar-refractivity contribution is 5.02. The van der Waals surface area contributed by atoms with Crippen LogP contribution in [-0.4, -0.2) is 15.6 Å². The molecule has 15 heavy (non-hydrogen) atoms. The third-order valence-corrected chi connectivity index (χ3v) is 2.88. The third-order valence-electron chi connectivity index (χ3n) is 2.88. The van der Waals surface area contributed by atoms with Gasteiger partial charge >= 0.3 is 0 Å². The average Bonchev–Trinajstić information content (AvgIpc) is 2.86. The molecule has 1 heterocycles. The summed E-state index contributed by atoms with van der Waals surface area (Å²) in [5.41, 5.74) is 1.27. The number of hydrogen-bond donors (Lipinski definition) is 1. The summed E-state index contributed by atoms with van der Waals surface area (Å²) in [5.74, 6) is 0. The van der Waals surface area contributed by atoms with Gasteiger partial charge in [0.1, 0.15) is 0 Å². The summed E-state index contributed by atoms with van der Waals surface area (Å²) in [7, 11) is 0. The monoisotopic (exact) mass is 205 g/mol. The lowest BCUT2D eigenvalue weighted by atomic mass is 10.2. The molecular weight excluding hydrogens is 186 g/mol. The SMILES string of the molecule is CC(C)n1cncc1CNC1CC=CC1. The van der Waals surface area contributed by atoms with Crippen molar-refractivity contribution in [2.75, 3.05) is 0 Å². The summed E-state index contributed by atoms with van der Waals surface area (Å²) < 4.78 is 2.22. The topological polar surface area (TPSA) is 29.9 Å². The van der Waals surface area contributed by atoms with Crippen LogP contribution in [-0.2, 0) is 6.54 Å². The summed E-state index contributed by atoms with van der Waals surface area (Å²) in [4.78, 5) is 4.20. The maximum Gasteiger partial charge on any atom is 0.0951 e. The van der Waals surface area contributed by atoms with Crippen LogP contribution in [0.25, 0.3) is 0 Å². The number of aromatic nitrogens is 2. The quantitative estimate of drug-likeness (QED) is 0.764. The lowest BCUT2D eigenvalue weighted by Crippen LogP contribution is -2.27. The van der Waals surface area contributed by atoms with Crippen LogP contribution in [0.1, 0.15) is 38.4 Å². The van der Waals surface area contributed by atoms with Crippen molar-refractivity contribution in [3.8, 4) is 0 Å². The lowest BCUT2D eigenvalue weighted by molar-refractivity contribution is 0.501. The molecule has 1 aliphatic carbocycles. The van der Waals surface area contributed by atoms with Gasteiger partial charge in [0.25, 0.3) is 0 Å². The number of nitrogens with one attached hydrogen (secondary N) is 1. The van der Waals surface area contributed by atoms with Crippen LogP contribution in [0.5, 0.6) is 0 Å². The van der Waals surface area contributed by atoms with Crippen molar-refractivity contribution in [1.29, 1.82) is 0 Å². The van der Waals surface area contributed by atoms with Gasteiger partial charge in [-0.3, -0.25) is 0 Å². The van der Waals surface area contributed by atoms with Crippen molar-refractivity contribution >= 4 is 0 Å². The zero-order valence-electron chi connectivity index (χ0n) is 9.48. The van der Waals surface area contributed by atoms with Gasteiger partial charge in [0.2, 0.25) is 0 Å². The zero-order chi connectivity index (χ0) is 10.7. The molecule has 0 aliphatic heterocycles. The highest BCUT2D eigenvalue weighted by atomic mass is 15.1. The van der Waals surface area contributed by atoms with E-state index in [4.69, 9.17) is 0 Å². The van der Waals surface area contributed by atoms with Crippen molar-refractivity contribution in [3.63, 3.8) is 0 Å². The molecule has 0 fully saturated rings. The molecule has 0 radical (unpaired) electrons. The van der Waals surface area contributed by atoms with Gasteiger partial charge in [-0.05, 0) is 26.7 Å². The Morgan fingerprint density at radius 3 is 2.87 bits per heavy atom. The average molecular weight is 205 g/mol. The van der Waals surface area contributed by atoms with Crippen molar-refractivity contribution < 1.29 is 0 Å². The largest absolute Gasteiger partial charge is 0.331 e. The van der Waals surface area contributed by atoms with Gasteiger partial charge < -0.3 is 9.88 Å². The van der Waals surface area contributed by atoms with E-state index in [0.29, 0.717) is 12.1 Å². The maximum atomic E-state index is 4.20. The van der Waals surface area contributed by atoms with E-state index in [9.17, 15) is 0 Å². The van der Waals surface area contributed by atoms with Crippen molar-refractivity contribution in [3.05, 3.63) is 30.4 Å². The Balaban J connectivity index is 1.90. The first kappa shape index (κ1) is 10.4. The minimum Gasteiger partial charge on any atom is -0.331 e. The highest BCUT2D eigenvalue weighted by Gasteiger charge is 2.11. The van der Waals surface area contributed by atoms with Crippen LogP contribution in [0, 0.1) is 0 Å². The van der Waals surface area contributed by atoms with Crippen LogP contribution in [0.2, 0.25) is 0 Å². The second-order valence-corrected chi connectivity index (χ2v) is 4.41. The fourth-order valence-electron chi connectivity index (χ4n) is 1.97. The second-order valence-electron chi connectivity index (χ2n) is 4.41. The molecule has 1 aromatic heterocycles. The van der Waals surface area contributed by atoms with Gasteiger partial charge in [0.05, 0.1) is 12.0 Å². The van der Waals surface area contributed by atoms with E-state index < -0.39 is 0 Å². The Morgan fingerprint density at radius 2 is 2.20 bits per heavy atom. The fraction of sp³-hybridized carbons (Fsp3) is 0.583. The minimum absolute atomic E-state index is 0.492. The first-order valence-corrected chi connectivity index (χ1v) is 5.66. The number of nitrogens with zero attached hydrogens (tertiary/aromatic N) is 2. The van der Waals surface area contributed by atoms with Crippen molar-refractivity contribution in [1.82, 2.24) is 14.9 Å². The van der Waals surface area contributed by atoms with Crippen LogP contribution in [0.3, 0.4) is 0 Å². The Kier molecular flexibility index (Phi) is 3.21. The van der Waals surface area contributed by atoms with Gasteiger partial charge in [-0.1, -0.05) is 12.2 Å². The third kappa shape index (κ3) is 2.48. The molecule has 3 heteroatoms. The van der Waals surface area contributed by atoms with Gasteiger partial charge in [-0.15, -0.1) is 0 Å². The molecule has 2 rings (SSSR count). The summed E-state index contributed by atoms with van der Waals surface area (Å²) in [5, 5.41) is 3.56.